The van der Waals surface area contributed by atoms with E-state index in [1.807, 2.05) is 24.3 Å². The number of hydrogen-bond donors (Lipinski definition) is 2. The number of piperazine rings is 1. The fourth-order valence-corrected chi connectivity index (χ4v) is 1.73. The Labute approximate surface area is 95.9 Å². The van der Waals surface area contributed by atoms with Gasteiger partial charge < -0.3 is 10.6 Å². The van der Waals surface area contributed by atoms with Gasteiger partial charge in [-0.3, -0.25) is 4.90 Å². The van der Waals surface area contributed by atoms with Gasteiger partial charge in [0.15, 0.2) is 0 Å². The van der Waals surface area contributed by atoms with E-state index in [1.165, 1.54) is 0 Å². The van der Waals surface area contributed by atoms with Crippen LogP contribution < -0.4 is 10.6 Å². The van der Waals surface area contributed by atoms with E-state index in [0.29, 0.717) is 5.56 Å². The maximum atomic E-state index is 8.68. The normalized spacial score (nSPS) is 16.7. The lowest BCUT2D eigenvalue weighted by atomic mass is 10.2. The van der Waals surface area contributed by atoms with Crippen LogP contribution in [-0.4, -0.2) is 37.7 Å². The van der Waals surface area contributed by atoms with Crippen molar-refractivity contribution < 1.29 is 0 Å². The lowest BCUT2D eigenvalue weighted by Gasteiger charge is -2.27. The highest BCUT2D eigenvalue weighted by molar-refractivity contribution is 5.46. The Morgan fingerprint density at radius 2 is 1.94 bits per heavy atom. The van der Waals surface area contributed by atoms with E-state index < -0.39 is 0 Å². The molecule has 4 heteroatoms. The Hall–Kier alpha value is -1.57. The third-order valence-electron chi connectivity index (χ3n) is 2.73. The molecule has 0 radical (unpaired) electrons. The lowest BCUT2D eigenvalue weighted by molar-refractivity contribution is 0.256. The summed E-state index contributed by atoms with van der Waals surface area (Å²) in [5.74, 6) is 0. The van der Waals surface area contributed by atoms with Gasteiger partial charge in [-0.05, 0) is 24.3 Å². The first-order chi connectivity index (χ1) is 7.88. The molecule has 1 aromatic rings. The van der Waals surface area contributed by atoms with Crippen molar-refractivity contribution in [3.8, 4) is 6.07 Å². The fourth-order valence-electron chi connectivity index (χ4n) is 1.73. The molecule has 0 aliphatic carbocycles. The van der Waals surface area contributed by atoms with Crippen LogP contribution in [0.5, 0.6) is 0 Å². The molecule has 0 amide bonds. The second-order valence-corrected chi connectivity index (χ2v) is 3.89. The van der Waals surface area contributed by atoms with Crippen molar-refractivity contribution in [1.82, 2.24) is 10.2 Å². The van der Waals surface area contributed by atoms with Crippen LogP contribution in [0.15, 0.2) is 24.3 Å². The van der Waals surface area contributed by atoms with E-state index in [2.05, 4.69) is 21.6 Å². The molecule has 0 atom stereocenters. The second kappa shape index (κ2) is 5.50. The van der Waals surface area contributed by atoms with Gasteiger partial charge in [-0.25, -0.2) is 0 Å². The van der Waals surface area contributed by atoms with Gasteiger partial charge in [0.1, 0.15) is 0 Å². The summed E-state index contributed by atoms with van der Waals surface area (Å²) in [6.07, 6.45) is 0. The van der Waals surface area contributed by atoms with E-state index in [0.717, 1.165) is 38.5 Å². The third kappa shape index (κ3) is 2.96. The molecule has 1 fully saturated rings. The van der Waals surface area contributed by atoms with Crippen molar-refractivity contribution in [3.63, 3.8) is 0 Å². The van der Waals surface area contributed by atoms with E-state index in [-0.39, 0.29) is 0 Å². The number of nitrogens with one attached hydrogen (secondary N) is 2. The third-order valence-corrected chi connectivity index (χ3v) is 2.73. The van der Waals surface area contributed by atoms with Crippen LogP contribution in [0.3, 0.4) is 0 Å². The molecule has 0 saturated carbocycles. The first kappa shape index (κ1) is 10.9. The minimum Gasteiger partial charge on any atom is -0.372 e. The van der Waals surface area contributed by atoms with Crippen LogP contribution in [-0.2, 0) is 0 Å². The molecule has 84 valence electrons. The molecule has 4 nitrogen and oxygen atoms in total. The first-order valence-corrected chi connectivity index (χ1v) is 5.55. The summed E-state index contributed by atoms with van der Waals surface area (Å²) >= 11 is 0. The van der Waals surface area contributed by atoms with E-state index in [9.17, 15) is 0 Å². The molecule has 1 aliphatic heterocycles. The zero-order valence-corrected chi connectivity index (χ0v) is 9.24. The summed E-state index contributed by atoms with van der Waals surface area (Å²) in [6, 6.07) is 9.67. The van der Waals surface area contributed by atoms with Gasteiger partial charge in [0.2, 0.25) is 0 Å². The summed E-state index contributed by atoms with van der Waals surface area (Å²) < 4.78 is 0. The minimum atomic E-state index is 0.702. The van der Waals surface area contributed by atoms with Crippen molar-refractivity contribution in [3.05, 3.63) is 29.8 Å². The number of hydrogen-bond acceptors (Lipinski definition) is 4. The summed E-state index contributed by atoms with van der Waals surface area (Å²) in [5.41, 5.74) is 1.77. The molecule has 0 spiro atoms. The number of nitriles is 1. The van der Waals surface area contributed by atoms with Crippen molar-refractivity contribution in [2.45, 2.75) is 0 Å². The molecule has 16 heavy (non-hydrogen) atoms. The predicted molar refractivity (Wildman–Crippen MR) is 64.1 cm³/mol. The Bertz CT molecular complexity index is 360. The maximum Gasteiger partial charge on any atom is 0.0991 e. The molecule has 1 saturated heterocycles. The Kier molecular flexibility index (Phi) is 3.76. The van der Waals surface area contributed by atoms with E-state index in [1.54, 1.807) is 0 Å². The Balaban J connectivity index is 1.82. The van der Waals surface area contributed by atoms with Crippen LogP contribution in [0.4, 0.5) is 5.69 Å². The highest BCUT2D eigenvalue weighted by atomic mass is 15.3. The van der Waals surface area contributed by atoms with Gasteiger partial charge >= 0.3 is 0 Å². The van der Waals surface area contributed by atoms with Gasteiger partial charge in [-0.1, -0.05) is 0 Å². The number of benzene rings is 1. The quantitative estimate of drug-likeness (QED) is 0.786. The highest BCUT2D eigenvalue weighted by Crippen LogP contribution is 2.08. The average molecular weight is 216 g/mol. The van der Waals surface area contributed by atoms with Crippen LogP contribution in [0.1, 0.15) is 5.56 Å². The van der Waals surface area contributed by atoms with Crippen molar-refractivity contribution >= 4 is 5.69 Å². The molecule has 0 aromatic heterocycles. The van der Waals surface area contributed by atoms with E-state index >= 15 is 0 Å². The number of rotatable bonds is 3. The Morgan fingerprint density at radius 3 is 2.56 bits per heavy atom. The molecule has 0 bridgehead atoms. The monoisotopic (exact) mass is 216 g/mol. The van der Waals surface area contributed by atoms with Gasteiger partial charge in [0.05, 0.1) is 18.3 Å². The van der Waals surface area contributed by atoms with E-state index in [4.69, 9.17) is 5.26 Å². The van der Waals surface area contributed by atoms with Gasteiger partial charge in [0, 0.05) is 31.9 Å². The molecule has 1 aromatic carbocycles. The molecule has 0 unspecified atom stereocenters. The zero-order chi connectivity index (χ0) is 11.2. The largest absolute Gasteiger partial charge is 0.372 e. The lowest BCUT2D eigenvalue weighted by Crippen LogP contribution is -2.45. The van der Waals surface area contributed by atoms with Gasteiger partial charge in [-0.15, -0.1) is 0 Å². The predicted octanol–water partition coefficient (Wildman–Crippen LogP) is 0.833. The second-order valence-electron chi connectivity index (χ2n) is 3.89. The summed E-state index contributed by atoms with van der Waals surface area (Å²) in [5, 5.41) is 15.4. The van der Waals surface area contributed by atoms with Crippen molar-refractivity contribution in [1.29, 1.82) is 5.26 Å². The van der Waals surface area contributed by atoms with Gasteiger partial charge in [-0.2, -0.15) is 5.26 Å². The number of anilines is 1. The molecule has 1 heterocycles. The standard InChI is InChI=1S/C12H16N4/c13-9-11-1-3-12(4-2-11)15-10-16-7-5-14-6-8-16/h1-4,14-15H,5-8,10H2. The summed E-state index contributed by atoms with van der Waals surface area (Å²) in [7, 11) is 0. The minimum absolute atomic E-state index is 0.702. The first-order valence-electron chi connectivity index (χ1n) is 5.55. The molecular formula is C12H16N4. The van der Waals surface area contributed by atoms with Gasteiger partial charge in [0.25, 0.3) is 0 Å². The Morgan fingerprint density at radius 1 is 1.25 bits per heavy atom. The zero-order valence-electron chi connectivity index (χ0n) is 9.24. The highest BCUT2D eigenvalue weighted by Gasteiger charge is 2.08. The SMILES string of the molecule is N#Cc1ccc(NCN2CCNCC2)cc1. The summed E-state index contributed by atoms with van der Waals surface area (Å²) in [4.78, 5) is 2.37. The fraction of sp³-hybridized carbons (Fsp3) is 0.417. The van der Waals surface area contributed by atoms with Crippen molar-refractivity contribution in [2.24, 2.45) is 0 Å². The maximum absolute atomic E-state index is 8.68. The van der Waals surface area contributed by atoms with Crippen LogP contribution >= 0.6 is 0 Å². The molecule has 2 N–H and O–H groups in total. The molecule has 2 rings (SSSR count). The van der Waals surface area contributed by atoms with Crippen LogP contribution in [0.2, 0.25) is 0 Å². The smallest absolute Gasteiger partial charge is 0.0991 e. The molecular weight excluding hydrogens is 200 g/mol. The number of nitrogens with zero attached hydrogens (tertiary/aromatic N) is 2. The molecule has 1 aliphatic rings. The topological polar surface area (TPSA) is 51.1 Å². The van der Waals surface area contributed by atoms with Crippen LogP contribution in [0, 0.1) is 11.3 Å². The van der Waals surface area contributed by atoms with Crippen LogP contribution in [0.25, 0.3) is 0 Å². The summed E-state index contributed by atoms with van der Waals surface area (Å²) in [6.45, 7) is 5.17. The average Bonchev–Trinajstić information content (AvgIpc) is 2.38. The van der Waals surface area contributed by atoms with Crippen molar-refractivity contribution in [2.75, 3.05) is 38.2 Å².